The van der Waals surface area contributed by atoms with Gasteiger partial charge in [0.2, 0.25) is 0 Å². The fraction of sp³-hybridized carbons (Fsp3) is 0.353. The summed E-state index contributed by atoms with van der Waals surface area (Å²) in [5, 5.41) is 0. The van der Waals surface area contributed by atoms with Crippen molar-refractivity contribution in [3.8, 4) is 0 Å². The van der Waals surface area contributed by atoms with Crippen LogP contribution in [0.1, 0.15) is 11.3 Å². The molecule has 0 spiro atoms. The van der Waals surface area contributed by atoms with Crippen molar-refractivity contribution in [2.75, 3.05) is 31.1 Å². The first kappa shape index (κ1) is 14.0. The van der Waals surface area contributed by atoms with Crippen LogP contribution >= 0.6 is 0 Å². The highest BCUT2D eigenvalue weighted by Crippen LogP contribution is 2.15. The van der Waals surface area contributed by atoms with Crippen molar-refractivity contribution >= 4 is 5.82 Å². The minimum absolute atomic E-state index is 0.502. The highest BCUT2D eigenvalue weighted by atomic mass is 15.3. The molecule has 110 valence electrons. The summed E-state index contributed by atoms with van der Waals surface area (Å²) in [5.41, 5.74) is 8.01. The van der Waals surface area contributed by atoms with Crippen molar-refractivity contribution < 1.29 is 0 Å². The first-order valence-electron chi connectivity index (χ1n) is 7.52. The lowest BCUT2D eigenvalue weighted by atomic mass is 10.2. The molecule has 2 heterocycles. The molecule has 3 rings (SSSR count). The number of anilines is 1. The normalized spacial score (nSPS) is 16.1. The monoisotopic (exact) mass is 282 g/mol. The van der Waals surface area contributed by atoms with Gasteiger partial charge in [-0.05, 0) is 17.7 Å². The number of piperazine rings is 1. The Morgan fingerprint density at radius 2 is 1.67 bits per heavy atom. The van der Waals surface area contributed by atoms with Crippen LogP contribution < -0.4 is 10.6 Å². The molecule has 0 bridgehead atoms. The van der Waals surface area contributed by atoms with E-state index in [2.05, 4.69) is 51.2 Å². The van der Waals surface area contributed by atoms with Gasteiger partial charge in [0.1, 0.15) is 5.82 Å². The van der Waals surface area contributed by atoms with Crippen LogP contribution in [0, 0.1) is 0 Å². The first-order valence-corrected chi connectivity index (χ1v) is 7.52. The van der Waals surface area contributed by atoms with Crippen LogP contribution in [0.4, 0.5) is 5.82 Å². The zero-order chi connectivity index (χ0) is 14.5. The van der Waals surface area contributed by atoms with Gasteiger partial charge in [-0.15, -0.1) is 0 Å². The SMILES string of the molecule is NCc1cccc(N2CCN(Cc3ccccc3)CC2)n1. The van der Waals surface area contributed by atoms with Gasteiger partial charge in [0, 0.05) is 39.3 Å². The Balaban J connectivity index is 1.57. The predicted molar refractivity (Wildman–Crippen MR) is 86.1 cm³/mol. The van der Waals surface area contributed by atoms with Gasteiger partial charge in [-0.2, -0.15) is 0 Å². The van der Waals surface area contributed by atoms with E-state index in [9.17, 15) is 0 Å². The Labute approximate surface area is 126 Å². The number of rotatable bonds is 4. The van der Waals surface area contributed by atoms with Gasteiger partial charge < -0.3 is 10.6 Å². The minimum Gasteiger partial charge on any atom is -0.354 e. The van der Waals surface area contributed by atoms with E-state index in [0.29, 0.717) is 6.54 Å². The van der Waals surface area contributed by atoms with Crippen LogP contribution in [0.3, 0.4) is 0 Å². The van der Waals surface area contributed by atoms with Crippen LogP contribution in [0.5, 0.6) is 0 Å². The molecule has 1 aliphatic rings. The Morgan fingerprint density at radius 3 is 2.38 bits per heavy atom. The van der Waals surface area contributed by atoms with Gasteiger partial charge in [-0.25, -0.2) is 4.98 Å². The van der Waals surface area contributed by atoms with Crippen molar-refractivity contribution in [1.82, 2.24) is 9.88 Å². The molecule has 2 N–H and O–H groups in total. The first-order chi connectivity index (χ1) is 10.3. The van der Waals surface area contributed by atoms with Crippen molar-refractivity contribution in [3.63, 3.8) is 0 Å². The molecule has 2 aromatic rings. The maximum atomic E-state index is 5.67. The van der Waals surface area contributed by atoms with Crippen molar-refractivity contribution in [2.45, 2.75) is 13.1 Å². The lowest BCUT2D eigenvalue weighted by molar-refractivity contribution is 0.249. The molecule has 1 aliphatic heterocycles. The average Bonchev–Trinajstić information content (AvgIpc) is 2.56. The van der Waals surface area contributed by atoms with Crippen LogP contribution in [0.15, 0.2) is 48.5 Å². The Morgan fingerprint density at radius 1 is 0.905 bits per heavy atom. The zero-order valence-corrected chi connectivity index (χ0v) is 12.3. The number of pyridine rings is 1. The molecule has 21 heavy (non-hydrogen) atoms. The summed E-state index contributed by atoms with van der Waals surface area (Å²) in [7, 11) is 0. The molecule has 1 fully saturated rings. The second kappa shape index (κ2) is 6.70. The van der Waals surface area contributed by atoms with E-state index in [1.807, 2.05) is 12.1 Å². The Kier molecular flexibility index (Phi) is 4.48. The molecular formula is C17H22N4. The zero-order valence-electron chi connectivity index (χ0n) is 12.3. The molecule has 1 aromatic carbocycles. The summed E-state index contributed by atoms with van der Waals surface area (Å²) in [6.07, 6.45) is 0. The van der Waals surface area contributed by atoms with Crippen LogP contribution in [0.25, 0.3) is 0 Å². The van der Waals surface area contributed by atoms with Gasteiger partial charge >= 0.3 is 0 Å². The molecule has 0 saturated carbocycles. The van der Waals surface area contributed by atoms with Crippen LogP contribution in [0.2, 0.25) is 0 Å². The summed E-state index contributed by atoms with van der Waals surface area (Å²) in [4.78, 5) is 9.45. The maximum Gasteiger partial charge on any atom is 0.128 e. The van der Waals surface area contributed by atoms with Gasteiger partial charge in [-0.1, -0.05) is 36.4 Å². The van der Waals surface area contributed by atoms with Gasteiger partial charge in [0.25, 0.3) is 0 Å². The summed E-state index contributed by atoms with van der Waals surface area (Å²) in [6.45, 7) is 5.72. The highest BCUT2D eigenvalue weighted by molar-refractivity contribution is 5.39. The number of hydrogen-bond donors (Lipinski definition) is 1. The maximum absolute atomic E-state index is 5.67. The summed E-state index contributed by atoms with van der Waals surface area (Å²) < 4.78 is 0. The molecule has 1 aromatic heterocycles. The molecule has 0 atom stereocenters. The lowest BCUT2D eigenvalue weighted by Gasteiger charge is -2.35. The van der Waals surface area contributed by atoms with Gasteiger partial charge in [0.05, 0.1) is 5.69 Å². The summed E-state index contributed by atoms with van der Waals surface area (Å²) >= 11 is 0. The molecule has 0 radical (unpaired) electrons. The van der Waals surface area contributed by atoms with Crippen LogP contribution in [-0.4, -0.2) is 36.1 Å². The van der Waals surface area contributed by atoms with E-state index in [4.69, 9.17) is 5.73 Å². The quantitative estimate of drug-likeness (QED) is 0.930. The fourth-order valence-corrected chi connectivity index (χ4v) is 2.73. The third kappa shape index (κ3) is 3.60. The third-order valence-electron chi connectivity index (χ3n) is 3.95. The number of hydrogen-bond acceptors (Lipinski definition) is 4. The predicted octanol–water partition coefficient (Wildman–Crippen LogP) is 1.86. The average molecular weight is 282 g/mol. The molecule has 0 amide bonds. The number of nitrogens with zero attached hydrogens (tertiary/aromatic N) is 3. The highest BCUT2D eigenvalue weighted by Gasteiger charge is 2.18. The van der Waals surface area contributed by atoms with Gasteiger partial charge in [0.15, 0.2) is 0 Å². The summed E-state index contributed by atoms with van der Waals surface area (Å²) in [6, 6.07) is 16.8. The molecular weight excluding hydrogens is 260 g/mol. The standard InChI is InChI=1S/C17H22N4/c18-13-16-7-4-8-17(19-16)21-11-9-20(10-12-21)14-15-5-2-1-3-6-15/h1-8H,9-14,18H2. The molecule has 0 aliphatic carbocycles. The second-order valence-corrected chi connectivity index (χ2v) is 5.44. The Bertz CT molecular complexity index is 562. The Hall–Kier alpha value is -1.91. The summed E-state index contributed by atoms with van der Waals surface area (Å²) in [5.74, 6) is 1.05. The minimum atomic E-state index is 0.502. The van der Waals surface area contributed by atoms with Crippen molar-refractivity contribution in [2.24, 2.45) is 5.73 Å². The van der Waals surface area contributed by atoms with E-state index in [1.54, 1.807) is 0 Å². The smallest absolute Gasteiger partial charge is 0.128 e. The second-order valence-electron chi connectivity index (χ2n) is 5.44. The molecule has 1 saturated heterocycles. The molecule has 0 unspecified atom stereocenters. The van der Waals surface area contributed by atoms with Crippen LogP contribution in [-0.2, 0) is 13.1 Å². The van der Waals surface area contributed by atoms with Crippen molar-refractivity contribution in [3.05, 3.63) is 59.8 Å². The topological polar surface area (TPSA) is 45.4 Å². The van der Waals surface area contributed by atoms with Crippen molar-refractivity contribution in [1.29, 1.82) is 0 Å². The largest absolute Gasteiger partial charge is 0.354 e. The lowest BCUT2D eigenvalue weighted by Crippen LogP contribution is -2.46. The van der Waals surface area contributed by atoms with E-state index >= 15 is 0 Å². The number of benzene rings is 1. The molecule has 4 heteroatoms. The van der Waals surface area contributed by atoms with Gasteiger partial charge in [-0.3, -0.25) is 4.90 Å². The van der Waals surface area contributed by atoms with E-state index in [-0.39, 0.29) is 0 Å². The number of aromatic nitrogens is 1. The third-order valence-corrected chi connectivity index (χ3v) is 3.95. The van der Waals surface area contributed by atoms with E-state index in [0.717, 1.165) is 44.2 Å². The van der Waals surface area contributed by atoms with E-state index in [1.165, 1.54) is 5.56 Å². The molecule has 4 nitrogen and oxygen atoms in total. The fourth-order valence-electron chi connectivity index (χ4n) is 2.73. The van der Waals surface area contributed by atoms with E-state index < -0.39 is 0 Å². The number of nitrogens with two attached hydrogens (primary N) is 1.